The van der Waals surface area contributed by atoms with Crippen LogP contribution in [-0.4, -0.2) is 29.3 Å². The fourth-order valence-corrected chi connectivity index (χ4v) is 1.85. The molecule has 0 saturated carbocycles. The van der Waals surface area contributed by atoms with Crippen LogP contribution < -0.4 is 15.4 Å². The minimum Gasteiger partial charge on any atom is -0.497 e. The Labute approximate surface area is 117 Å². The number of benzene rings is 1. The van der Waals surface area contributed by atoms with E-state index in [1.54, 1.807) is 17.9 Å². The monoisotopic (exact) mass is 274 g/mol. The summed E-state index contributed by atoms with van der Waals surface area (Å²) in [7, 11) is 3.43. The molecule has 0 unspecified atom stereocenters. The number of carbonyl (C=O) groups excluding carboxylic acids is 1. The van der Waals surface area contributed by atoms with Crippen molar-refractivity contribution in [3.63, 3.8) is 0 Å². The van der Waals surface area contributed by atoms with Crippen molar-refractivity contribution in [3.05, 3.63) is 36.2 Å². The fraction of sp³-hybridized carbons (Fsp3) is 0.286. The summed E-state index contributed by atoms with van der Waals surface area (Å²) in [5, 5.41) is 10.1. The summed E-state index contributed by atoms with van der Waals surface area (Å²) >= 11 is 0. The highest BCUT2D eigenvalue weighted by atomic mass is 16.5. The van der Waals surface area contributed by atoms with Gasteiger partial charge in [0, 0.05) is 25.0 Å². The van der Waals surface area contributed by atoms with Crippen molar-refractivity contribution < 1.29 is 9.53 Å². The summed E-state index contributed by atoms with van der Waals surface area (Å²) in [5.74, 6) is 0.584. The van der Waals surface area contributed by atoms with Crippen LogP contribution in [0.2, 0.25) is 0 Å². The fourth-order valence-electron chi connectivity index (χ4n) is 1.85. The van der Waals surface area contributed by atoms with Gasteiger partial charge >= 0.3 is 0 Å². The lowest BCUT2D eigenvalue weighted by molar-refractivity contribution is -0.114. The Morgan fingerprint density at radius 3 is 2.90 bits per heavy atom. The molecule has 2 aromatic rings. The predicted octanol–water partition coefficient (Wildman–Crippen LogP) is 1.79. The molecule has 0 radical (unpaired) electrons. The van der Waals surface area contributed by atoms with Crippen LogP contribution in [-0.2, 0) is 11.8 Å². The lowest BCUT2D eigenvalue weighted by Gasteiger charge is -2.08. The summed E-state index contributed by atoms with van der Waals surface area (Å²) in [6.07, 6.45) is 1.84. The average Bonchev–Trinajstić information content (AvgIpc) is 2.75. The van der Waals surface area contributed by atoms with Gasteiger partial charge in [-0.3, -0.25) is 9.48 Å². The largest absolute Gasteiger partial charge is 0.497 e. The smallest absolute Gasteiger partial charge is 0.243 e. The molecule has 0 aliphatic heterocycles. The molecule has 106 valence electrons. The van der Waals surface area contributed by atoms with Crippen molar-refractivity contribution in [1.29, 1.82) is 0 Å². The molecule has 2 N–H and O–H groups in total. The van der Waals surface area contributed by atoms with Crippen molar-refractivity contribution >= 4 is 17.3 Å². The van der Waals surface area contributed by atoms with E-state index >= 15 is 0 Å². The number of anilines is 2. The van der Waals surface area contributed by atoms with Crippen molar-refractivity contribution in [2.45, 2.75) is 6.92 Å². The average molecular weight is 274 g/mol. The van der Waals surface area contributed by atoms with E-state index in [-0.39, 0.29) is 12.5 Å². The molecule has 0 aliphatic rings. The topological polar surface area (TPSA) is 68.2 Å². The quantitative estimate of drug-likeness (QED) is 0.872. The number of nitrogens with zero attached hydrogens (tertiary/aromatic N) is 2. The van der Waals surface area contributed by atoms with Crippen LogP contribution in [0, 0.1) is 6.92 Å². The van der Waals surface area contributed by atoms with E-state index in [0.717, 1.165) is 11.4 Å². The number of carbonyl (C=O) groups is 1. The molecule has 1 aromatic carbocycles. The van der Waals surface area contributed by atoms with Crippen molar-refractivity contribution in [2.24, 2.45) is 7.05 Å². The van der Waals surface area contributed by atoms with Crippen molar-refractivity contribution in [3.8, 4) is 5.75 Å². The Hall–Kier alpha value is -2.50. The zero-order valence-electron chi connectivity index (χ0n) is 11.8. The number of amides is 1. The number of rotatable bonds is 5. The zero-order valence-corrected chi connectivity index (χ0v) is 11.8. The maximum atomic E-state index is 11.9. The number of aryl methyl sites for hydroxylation is 2. The van der Waals surface area contributed by atoms with Gasteiger partial charge in [0.15, 0.2) is 0 Å². The normalized spacial score (nSPS) is 10.2. The van der Waals surface area contributed by atoms with Gasteiger partial charge in [0.25, 0.3) is 0 Å². The highest BCUT2D eigenvalue weighted by Gasteiger charge is 2.06. The number of ether oxygens (including phenoxy) is 1. The van der Waals surface area contributed by atoms with Crippen LogP contribution in [0.1, 0.15) is 5.69 Å². The molecule has 6 heteroatoms. The molecule has 1 aromatic heterocycles. The molecule has 2 rings (SSSR count). The summed E-state index contributed by atoms with van der Waals surface area (Å²) in [5.41, 5.74) is 2.43. The van der Waals surface area contributed by atoms with E-state index in [9.17, 15) is 4.79 Å². The highest BCUT2D eigenvalue weighted by molar-refractivity contribution is 5.93. The second-order valence-corrected chi connectivity index (χ2v) is 4.44. The molecule has 0 bridgehead atoms. The molecular formula is C14H18N4O2. The molecule has 1 heterocycles. The first-order valence-corrected chi connectivity index (χ1v) is 6.26. The number of aromatic nitrogens is 2. The third-order valence-electron chi connectivity index (χ3n) is 2.81. The standard InChI is InChI=1S/C14H18N4O2/c1-10-13(9-18(2)17-10)15-8-14(19)16-11-5-4-6-12(7-11)20-3/h4-7,9,15H,8H2,1-3H3,(H,16,19). The van der Waals surface area contributed by atoms with Gasteiger partial charge < -0.3 is 15.4 Å². The van der Waals surface area contributed by atoms with Crippen LogP contribution in [0.3, 0.4) is 0 Å². The van der Waals surface area contributed by atoms with E-state index in [1.165, 1.54) is 0 Å². The SMILES string of the molecule is COc1cccc(NC(=O)CNc2cn(C)nc2C)c1. The van der Waals surface area contributed by atoms with E-state index in [2.05, 4.69) is 15.7 Å². The molecule has 0 atom stereocenters. The molecular weight excluding hydrogens is 256 g/mol. The number of hydrogen-bond donors (Lipinski definition) is 2. The van der Waals surface area contributed by atoms with Crippen molar-refractivity contribution in [2.75, 3.05) is 24.3 Å². The molecule has 0 saturated heterocycles. The van der Waals surface area contributed by atoms with Gasteiger partial charge in [-0.25, -0.2) is 0 Å². The van der Waals surface area contributed by atoms with Gasteiger partial charge in [0.1, 0.15) is 5.75 Å². The minimum atomic E-state index is -0.124. The summed E-state index contributed by atoms with van der Waals surface area (Å²) in [6.45, 7) is 2.08. The van der Waals surface area contributed by atoms with Crippen LogP contribution in [0.4, 0.5) is 11.4 Å². The molecule has 0 spiro atoms. The Bertz CT molecular complexity index is 607. The lowest BCUT2D eigenvalue weighted by Crippen LogP contribution is -2.21. The van der Waals surface area contributed by atoms with E-state index in [4.69, 9.17) is 4.74 Å². The summed E-state index contributed by atoms with van der Waals surface area (Å²) in [4.78, 5) is 11.9. The van der Waals surface area contributed by atoms with E-state index in [0.29, 0.717) is 11.4 Å². The first kappa shape index (κ1) is 13.9. The van der Waals surface area contributed by atoms with Gasteiger partial charge in [-0.15, -0.1) is 0 Å². The van der Waals surface area contributed by atoms with Gasteiger partial charge in [-0.1, -0.05) is 6.07 Å². The number of methoxy groups -OCH3 is 1. The van der Waals surface area contributed by atoms with Gasteiger partial charge in [0.2, 0.25) is 5.91 Å². The molecule has 6 nitrogen and oxygen atoms in total. The first-order chi connectivity index (χ1) is 9.58. The molecule has 1 amide bonds. The van der Waals surface area contributed by atoms with Crippen molar-refractivity contribution in [1.82, 2.24) is 9.78 Å². The van der Waals surface area contributed by atoms with Gasteiger partial charge in [-0.2, -0.15) is 5.10 Å². The van der Waals surface area contributed by atoms with Gasteiger partial charge in [-0.05, 0) is 19.1 Å². The Balaban J connectivity index is 1.90. The summed E-state index contributed by atoms with van der Waals surface area (Å²) < 4.78 is 6.81. The van der Waals surface area contributed by atoms with Crippen LogP contribution in [0.25, 0.3) is 0 Å². The third kappa shape index (κ3) is 3.50. The third-order valence-corrected chi connectivity index (χ3v) is 2.81. The second-order valence-electron chi connectivity index (χ2n) is 4.44. The Morgan fingerprint density at radius 2 is 2.25 bits per heavy atom. The molecule has 0 aliphatic carbocycles. The van der Waals surface area contributed by atoms with E-state index in [1.807, 2.05) is 38.4 Å². The van der Waals surface area contributed by atoms with Crippen LogP contribution in [0.15, 0.2) is 30.5 Å². The Morgan fingerprint density at radius 1 is 1.45 bits per heavy atom. The minimum absolute atomic E-state index is 0.124. The zero-order chi connectivity index (χ0) is 14.5. The number of nitrogens with one attached hydrogen (secondary N) is 2. The summed E-state index contributed by atoms with van der Waals surface area (Å²) in [6, 6.07) is 7.24. The van der Waals surface area contributed by atoms with E-state index < -0.39 is 0 Å². The lowest BCUT2D eigenvalue weighted by atomic mass is 10.3. The second kappa shape index (κ2) is 6.10. The molecule has 0 fully saturated rings. The maximum Gasteiger partial charge on any atom is 0.243 e. The van der Waals surface area contributed by atoms with Crippen LogP contribution >= 0.6 is 0 Å². The highest BCUT2D eigenvalue weighted by Crippen LogP contribution is 2.16. The number of hydrogen-bond acceptors (Lipinski definition) is 4. The predicted molar refractivity (Wildman–Crippen MR) is 78.1 cm³/mol. The van der Waals surface area contributed by atoms with Crippen LogP contribution in [0.5, 0.6) is 5.75 Å². The van der Waals surface area contributed by atoms with Gasteiger partial charge in [0.05, 0.1) is 25.0 Å². The first-order valence-electron chi connectivity index (χ1n) is 6.26. The maximum absolute atomic E-state index is 11.9. The molecule has 20 heavy (non-hydrogen) atoms. The Kier molecular flexibility index (Phi) is 4.24.